The van der Waals surface area contributed by atoms with Crippen LogP contribution in [-0.4, -0.2) is 73.2 Å². The third-order valence-electron chi connectivity index (χ3n) is 5.72. The summed E-state index contributed by atoms with van der Waals surface area (Å²) in [6.07, 6.45) is 2.80. The Morgan fingerprint density at radius 1 is 1.12 bits per heavy atom. The van der Waals surface area contributed by atoms with Crippen LogP contribution >= 0.6 is 23.2 Å². The van der Waals surface area contributed by atoms with Crippen molar-refractivity contribution in [1.29, 1.82) is 0 Å². The molecule has 1 amide bonds. The smallest absolute Gasteiger partial charge is 0.227 e. The number of rotatable bonds is 3. The maximum absolute atomic E-state index is 13.2. The van der Waals surface area contributed by atoms with Crippen LogP contribution in [0.2, 0.25) is 10.0 Å². The van der Waals surface area contributed by atoms with Gasteiger partial charge in [0.15, 0.2) is 0 Å². The van der Waals surface area contributed by atoms with Crippen LogP contribution in [0.15, 0.2) is 18.2 Å². The van der Waals surface area contributed by atoms with Gasteiger partial charge in [0.1, 0.15) is 0 Å². The molecule has 1 N–H and O–H groups in total. The number of nitrogens with zero attached hydrogens (tertiary/aromatic N) is 2. The molecule has 3 saturated heterocycles. The van der Waals surface area contributed by atoms with Gasteiger partial charge < -0.3 is 15.0 Å². The molecule has 3 aliphatic rings. The predicted molar refractivity (Wildman–Crippen MR) is 103 cm³/mol. The van der Waals surface area contributed by atoms with E-state index in [2.05, 4.69) is 15.1 Å². The van der Waals surface area contributed by atoms with Gasteiger partial charge in [-0.2, -0.15) is 0 Å². The molecule has 0 spiro atoms. The average Bonchev–Trinajstić information content (AvgIpc) is 3.14. The minimum atomic E-state index is 0.144. The minimum absolute atomic E-state index is 0.144. The molecule has 1 unspecified atom stereocenters. The van der Waals surface area contributed by atoms with E-state index in [9.17, 15) is 4.79 Å². The highest BCUT2D eigenvalue weighted by atomic mass is 35.5. The molecule has 3 fully saturated rings. The zero-order chi connectivity index (χ0) is 18.1. The fourth-order valence-corrected chi connectivity index (χ4v) is 5.15. The quantitative estimate of drug-likeness (QED) is 0.848. The van der Waals surface area contributed by atoms with Gasteiger partial charge in [-0.05, 0) is 49.7 Å². The van der Waals surface area contributed by atoms with Crippen LogP contribution in [0.1, 0.15) is 18.4 Å². The van der Waals surface area contributed by atoms with Crippen molar-refractivity contribution < 1.29 is 9.53 Å². The molecule has 4 rings (SSSR count). The molecule has 142 valence electrons. The second kappa shape index (κ2) is 8.03. The molecule has 1 aromatic carbocycles. The SMILES string of the molecule is O=C(Cc1cc(Cl)cc(Cl)c1)N1CCN[C@@H]2COCC(N3CCCC3)[C@H]21. The van der Waals surface area contributed by atoms with Gasteiger partial charge in [0, 0.05) is 23.1 Å². The second-order valence-electron chi connectivity index (χ2n) is 7.44. The van der Waals surface area contributed by atoms with Crippen molar-refractivity contribution in [3.05, 3.63) is 33.8 Å². The van der Waals surface area contributed by atoms with Crippen LogP contribution in [0, 0.1) is 0 Å². The summed E-state index contributed by atoms with van der Waals surface area (Å²) in [5.41, 5.74) is 0.868. The van der Waals surface area contributed by atoms with Crippen LogP contribution in [0.4, 0.5) is 0 Å². The maximum atomic E-state index is 13.2. The lowest BCUT2D eigenvalue weighted by Crippen LogP contribution is -2.70. The Kier molecular flexibility index (Phi) is 5.72. The highest BCUT2D eigenvalue weighted by molar-refractivity contribution is 6.34. The summed E-state index contributed by atoms with van der Waals surface area (Å²) in [6, 6.07) is 5.99. The van der Waals surface area contributed by atoms with Gasteiger partial charge in [0.05, 0.1) is 37.8 Å². The molecule has 26 heavy (non-hydrogen) atoms. The summed E-state index contributed by atoms with van der Waals surface area (Å²) in [7, 11) is 0. The second-order valence-corrected chi connectivity index (χ2v) is 8.31. The van der Waals surface area contributed by atoms with E-state index in [1.54, 1.807) is 6.07 Å². The van der Waals surface area contributed by atoms with Gasteiger partial charge in [0.25, 0.3) is 0 Å². The molecule has 7 heteroatoms. The van der Waals surface area contributed by atoms with Crippen molar-refractivity contribution >= 4 is 29.1 Å². The van der Waals surface area contributed by atoms with Crippen molar-refractivity contribution in [2.24, 2.45) is 0 Å². The number of piperazine rings is 1. The van der Waals surface area contributed by atoms with Crippen LogP contribution < -0.4 is 5.32 Å². The highest BCUT2D eigenvalue weighted by Gasteiger charge is 2.44. The van der Waals surface area contributed by atoms with E-state index >= 15 is 0 Å². The number of likely N-dealkylation sites (tertiary alicyclic amines) is 1. The van der Waals surface area contributed by atoms with Gasteiger partial charge >= 0.3 is 0 Å². The number of hydrogen-bond donors (Lipinski definition) is 1. The first-order chi connectivity index (χ1) is 12.6. The summed E-state index contributed by atoms with van der Waals surface area (Å²) in [6.45, 7) is 5.11. The molecule has 3 aliphatic heterocycles. The van der Waals surface area contributed by atoms with Crippen molar-refractivity contribution in [3.63, 3.8) is 0 Å². The molecule has 5 nitrogen and oxygen atoms in total. The van der Waals surface area contributed by atoms with E-state index in [0.29, 0.717) is 29.7 Å². The van der Waals surface area contributed by atoms with Crippen molar-refractivity contribution in [2.75, 3.05) is 39.4 Å². The van der Waals surface area contributed by atoms with Gasteiger partial charge in [-0.1, -0.05) is 23.2 Å². The first-order valence-corrected chi connectivity index (χ1v) is 10.2. The summed E-state index contributed by atoms with van der Waals surface area (Å²) in [4.78, 5) is 17.7. The van der Waals surface area contributed by atoms with E-state index < -0.39 is 0 Å². The standard InChI is InChI=1S/C19H25Cl2N3O2/c20-14-7-13(8-15(21)10-14)9-18(25)24-6-3-22-16-11-26-12-17(19(16)24)23-4-1-2-5-23/h7-8,10,16-17,19,22H,1-6,9,11-12H2/t16-,17?,19+/m1/s1. The predicted octanol–water partition coefficient (Wildman–Crippen LogP) is 2.20. The normalized spacial score (nSPS) is 29.6. The number of hydrogen-bond acceptors (Lipinski definition) is 4. The number of ether oxygens (including phenoxy) is 1. The molecule has 0 aliphatic carbocycles. The topological polar surface area (TPSA) is 44.8 Å². The number of amides is 1. The molecular formula is C19H25Cl2N3O2. The van der Waals surface area contributed by atoms with Gasteiger partial charge in [-0.3, -0.25) is 9.69 Å². The lowest BCUT2D eigenvalue weighted by atomic mass is 9.92. The van der Waals surface area contributed by atoms with E-state index in [1.165, 1.54) is 12.8 Å². The number of carbonyl (C=O) groups excluding carboxylic acids is 1. The molecule has 0 saturated carbocycles. The summed E-state index contributed by atoms with van der Waals surface area (Å²) < 4.78 is 5.86. The highest BCUT2D eigenvalue weighted by Crippen LogP contribution is 2.27. The fraction of sp³-hybridized carbons (Fsp3) is 0.632. The van der Waals surface area contributed by atoms with E-state index in [1.807, 2.05) is 12.1 Å². The Labute approximate surface area is 164 Å². The Bertz CT molecular complexity index is 644. The first-order valence-electron chi connectivity index (χ1n) is 9.41. The zero-order valence-corrected chi connectivity index (χ0v) is 16.3. The number of nitrogens with one attached hydrogen (secondary N) is 1. The van der Waals surface area contributed by atoms with Gasteiger partial charge in [-0.25, -0.2) is 0 Å². The summed E-state index contributed by atoms with van der Waals surface area (Å²) in [5.74, 6) is 0.144. The van der Waals surface area contributed by atoms with E-state index in [-0.39, 0.29) is 24.0 Å². The fourth-order valence-electron chi connectivity index (χ4n) is 4.58. The largest absolute Gasteiger partial charge is 0.378 e. The monoisotopic (exact) mass is 397 g/mol. The van der Waals surface area contributed by atoms with Crippen LogP contribution in [0.3, 0.4) is 0 Å². The first kappa shape index (κ1) is 18.5. The number of fused-ring (bicyclic) bond motifs is 1. The van der Waals surface area contributed by atoms with Crippen molar-refractivity contribution in [3.8, 4) is 0 Å². The summed E-state index contributed by atoms with van der Waals surface area (Å²) in [5, 5.41) is 4.69. The third-order valence-corrected chi connectivity index (χ3v) is 6.16. The molecular weight excluding hydrogens is 373 g/mol. The van der Waals surface area contributed by atoms with Crippen molar-refractivity contribution in [2.45, 2.75) is 37.4 Å². The molecule has 3 atom stereocenters. The average molecular weight is 398 g/mol. The Morgan fingerprint density at radius 2 is 1.85 bits per heavy atom. The van der Waals surface area contributed by atoms with Gasteiger partial charge in [-0.15, -0.1) is 0 Å². The number of benzene rings is 1. The number of halogens is 2. The van der Waals surface area contributed by atoms with Crippen LogP contribution in [0.5, 0.6) is 0 Å². The molecule has 3 heterocycles. The van der Waals surface area contributed by atoms with E-state index in [0.717, 1.165) is 31.7 Å². The van der Waals surface area contributed by atoms with Crippen LogP contribution in [0.25, 0.3) is 0 Å². The zero-order valence-electron chi connectivity index (χ0n) is 14.8. The molecule has 0 bridgehead atoms. The maximum Gasteiger partial charge on any atom is 0.227 e. The Morgan fingerprint density at radius 3 is 2.58 bits per heavy atom. The minimum Gasteiger partial charge on any atom is -0.378 e. The van der Waals surface area contributed by atoms with Gasteiger partial charge in [0.2, 0.25) is 5.91 Å². The lowest BCUT2D eigenvalue weighted by Gasteiger charge is -2.50. The van der Waals surface area contributed by atoms with Crippen molar-refractivity contribution in [1.82, 2.24) is 15.1 Å². The molecule has 0 aromatic heterocycles. The number of carbonyl (C=O) groups is 1. The van der Waals surface area contributed by atoms with Crippen LogP contribution in [-0.2, 0) is 16.0 Å². The third kappa shape index (κ3) is 3.87. The summed E-state index contributed by atoms with van der Waals surface area (Å²) >= 11 is 12.2. The molecule has 1 aromatic rings. The Balaban J connectivity index is 1.53. The lowest BCUT2D eigenvalue weighted by molar-refractivity contribution is -0.142. The van der Waals surface area contributed by atoms with E-state index in [4.69, 9.17) is 27.9 Å². The Hall–Kier alpha value is -0.850. The molecule has 0 radical (unpaired) electrons.